The van der Waals surface area contributed by atoms with Crippen LogP contribution in [0.2, 0.25) is 0 Å². The van der Waals surface area contributed by atoms with E-state index in [1.165, 1.54) is 0 Å². The molecule has 0 aliphatic heterocycles. The molecule has 1 rings (SSSR count). The van der Waals surface area contributed by atoms with Crippen molar-refractivity contribution < 1.29 is 14.3 Å². The van der Waals surface area contributed by atoms with Gasteiger partial charge in [0.05, 0.1) is 6.04 Å². The lowest BCUT2D eigenvalue weighted by atomic mass is 9.98. The van der Waals surface area contributed by atoms with Crippen LogP contribution in [-0.2, 0) is 9.47 Å². The summed E-state index contributed by atoms with van der Waals surface area (Å²) >= 11 is 0. The van der Waals surface area contributed by atoms with Gasteiger partial charge in [-0.25, -0.2) is 4.79 Å². The Kier molecular flexibility index (Phi) is 6.94. The molecule has 0 saturated heterocycles. The number of carbonyl (C=O) groups excluding carboxylic acids is 1. The molecule has 1 aromatic rings. The molecule has 0 spiro atoms. The fraction of sp³-hybridized carbons (Fsp3) is 0.500. The third-order valence-corrected chi connectivity index (χ3v) is 3.05. The van der Waals surface area contributed by atoms with Gasteiger partial charge in [0.2, 0.25) is 0 Å². The predicted molar refractivity (Wildman–Crippen MR) is 87.4 cm³/mol. The largest absolute Gasteiger partial charge is 0.444 e. The van der Waals surface area contributed by atoms with E-state index < -0.39 is 11.7 Å². The fourth-order valence-electron chi connectivity index (χ4n) is 2.17. The van der Waals surface area contributed by atoms with Gasteiger partial charge in [-0.15, -0.1) is 12.3 Å². The summed E-state index contributed by atoms with van der Waals surface area (Å²) in [7, 11) is 1.62. The highest BCUT2D eigenvalue weighted by molar-refractivity contribution is 5.68. The monoisotopic (exact) mass is 303 g/mol. The summed E-state index contributed by atoms with van der Waals surface area (Å²) in [6.07, 6.45) is 5.78. The van der Waals surface area contributed by atoms with E-state index in [1.54, 1.807) is 7.11 Å². The lowest BCUT2D eigenvalue weighted by Crippen LogP contribution is -2.42. The number of benzene rings is 1. The van der Waals surface area contributed by atoms with Crippen molar-refractivity contribution in [3.8, 4) is 12.3 Å². The van der Waals surface area contributed by atoms with Gasteiger partial charge in [0.25, 0.3) is 0 Å². The summed E-state index contributed by atoms with van der Waals surface area (Å²) in [6.45, 7) is 5.48. The molecule has 2 atom stereocenters. The van der Waals surface area contributed by atoms with Crippen LogP contribution >= 0.6 is 0 Å². The lowest BCUT2D eigenvalue weighted by molar-refractivity contribution is 0.0318. The van der Waals surface area contributed by atoms with E-state index in [9.17, 15) is 4.79 Å². The Morgan fingerprint density at radius 2 is 1.95 bits per heavy atom. The molecule has 0 heterocycles. The van der Waals surface area contributed by atoms with Crippen molar-refractivity contribution >= 4 is 6.09 Å². The average Bonchev–Trinajstić information content (AvgIpc) is 2.44. The number of hydrogen-bond acceptors (Lipinski definition) is 3. The maximum absolute atomic E-state index is 12.0. The van der Waals surface area contributed by atoms with Crippen LogP contribution in [0, 0.1) is 12.3 Å². The lowest BCUT2D eigenvalue weighted by Gasteiger charge is -2.28. The number of amides is 1. The average molecular weight is 303 g/mol. The van der Waals surface area contributed by atoms with Gasteiger partial charge in [-0.1, -0.05) is 30.3 Å². The molecule has 0 saturated carbocycles. The van der Waals surface area contributed by atoms with Crippen molar-refractivity contribution in [3.05, 3.63) is 35.9 Å². The highest BCUT2D eigenvalue weighted by Crippen LogP contribution is 2.23. The van der Waals surface area contributed by atoms with Crippen LogP contribution in [0.3, 0.4) is 0 Å². The first-order valence-electron chi connectivity index (χ1n) is 7.38. The molecule has 1 amide bonds. The normalized spacial score (nSPS) is 13.8. The highest BCUT2D eigenvalue weighted by atomic mass is 16.6. The third kappa shape index (κ3) is 6.19. The van der Waals surface area contributed by atoms with Gasteiger partial charge in [-0.05, 0) is 32.8 Å². The summed E-state index contributed by atoms with van der Waals surface area (Å²) < 4.78 is 10.9. The minimum absolute atomic E-state index is 0.252. The van der Waals surface area contributed by atoms with Crippen LogP contribution in [0.5, 0.6) is 0 Å². The molecule has 1 N–H and O–H groups in total. The standard InChI is InChI=1S/C18H25NO3/c1-6-7-13-15(19-17(20)22-18(2,3)4)16(21-5)14-11-9-8-10-12-14/h1,8-12,15-16H,7,13H2,2-5H3,(H,19,20). The van der Waals surface area contributed by atoms with Gasteiger partial charge >= 0.3 is 6.09 Å². The molecule has 0 fully saturated rings. The Labute approximate surface area is 133 Å². The molecule has 4 heteroatoms. The van der Waals surface area contributed by atoms with Crippen LogP contribution in [-0.4, -0.2) is 24.8 Å². The van der Waals surface area contributed by atoms with E-state index in [0.717, 1.165) is 5.56 Å². The van der Waals surface area contributed by atoms with Crippen molar-refractivity contribution in [1.29, 1.82) is 0 Å². The van der Waals surface area contributed by atoms with Gasteiger partial charge in [0, 0.05) is 13.5 Å². The van der Waals surface area contributed by atoms with E-state index >= 15 is 0 Å². The molecule has 0 aromatic heterocycles. The fourth-order valence-corrected chi connectivity index (χ4v) is 2.17. The number of alkyl carbamates (subject to hydrolysis) is 1. The molecule has 0 aliphatic carbocycles. The summed E-state index contributed by atoms with van der Waals surface area (Å²) in [4.78, 5) is 12.0. The molecule has 4 nitrogen and oxygen atoms in total. The quantitative estimate of drug-likeness (QED) is 0.815. The van der Waals surface area contributed by atoms with E-state index in [1.807, 2.05) is 51.1 Å². The topological polar surface area (TPSA) is 47.6 Å². The Bertz CT molecular complexity index is 499. The van der Waals surface area contributed by atoms with Crippen LogP contribution in [0.25, 0.3) is 0 Å². The number of carbonyl (C=O) groups is 1. The summed E-state index contributed by atoms with van der Waals surface area (Å²) in [5, 5.41) is 2.88. The molecule has 0 radical (unpaired) electrons. The molecular formula is C18H25NO3. The Hall–Kier alpha value is -1.99. The molecular weight excluding hydrogens is 278 g/mol. The summed E-state index contributed by atoms with van der Waals surface area (Å²) in [5.41, 5.74) is 0.443. The SMILES string of the molecule is C#CCCC(NC(=O)OC(C)(C)C)C(OC)c1ccccc1. The zero-order valence-corrected chi connectivity index (χ0v) is 13.8. The van der Waals surface area contributed by atoms with Crippen molar-refractivity contribution in [2.24, 2.45) is 0 Å². The maximum atomic E-state index is 12.0. The molecule has 1 aromatic carbocycles. The Morgan fingerprint density at radius 1 is 1.32 bits per heavy atom. The molecule has 22 heavy (non-hydrogen) atoms. The Balaban J connectivity index is 2.86. The third-order valence-electron chi connectivity index (χ3n) is 3.05. The highest BCUT2D eigenvalue weighted by Gasteiger charge is 2.26. The molecule has 120 valence electrons. The number of ether oxygens (including phenoxy) is 2. The molecule has 0 bridgehead atoms. The van der Waals surface area contributed by atoms with E-state index in [-0.39, 0.29) is 12.1 Å². The second-order valence-corrected chi connectivity index (χ2v) is 6.06. The van der Waals surface area contributed by atoms with Gasteiger partial charge in [-0.3, -0.25) is 0 Å². The van der Waals surface area contributed by atoms with Crippen molar-refractivity contribution in [2.45, 2.75) is 51.4 Å². The summed E-state index contributed by atoms with van der Waals surface area (Å²) in [6, 6.07) is 9.49. The first-order valence-corrected chi connectivity index (χ1v) is 7.38. The van der Waals surface area contributed by atoms with Crippen LogP contribution in [0.1, 0.15) is 45.3 Å². The number of methoxy groups -OCH3 is 1. The first kappa shape index (κ1) is 18.1. The maximum Gasteiger partial charge on any atom is 0.407 e. The zero-order valence-electron chi connectivity index (χ0n) is 13.8. The minimum Gasteiger partial charge on any atom is -0.444 e. The second-order valence-electron chi connectivity index (χ2n) is 6.06. The van der Waals surface area contributed by atoms with Crippen molar-refractivity contribution in [3.63, 3.8) is 0 Å². The first-order chi connectivity index (χ1) is 10.4. The van der Waals surface area contributed by atoms with Gasteiger partial charge < -0.3 is 14.8 Å². The van der Waals surface area contributed by atoms with Crippen molar-refractivity contribution in [2.75, 3.05) is 7.11 Å². The minimum atomic E-state index is -0.546. The number of terminal acetylenes is 1. The number of nitrogens with one attached hydrogen (secondary N) is 1. The predicted octanol–water partition coefficient (Wildman–Crippen LogP) is 3.68. The number of rotatable bonds is 6. The van der Waals surface area contributed by atoms with E-state index in [4.69, 9.17) is 15.9 Å². The van der Waals surface area contributed by atoms with Gasteiger partial charge in [0.1, 0.15) is 11.7 Å². The van der Waals surface area contributed by atoms with Crippen molar-refractivity contribution in [1.82, 2.24) is 5.32 Å². The molecule has 0 aliphatic rings. The zero-order chi connectivity index (χ0) is 16.6. The summed E-state index contributed by atoms with van der Waals surface area (Å²) in [5.74, 6) is 2.60. The van der Waals surface area contributed by atoms with Gasteiger partial charge in [-0.2, -0.15) is 0 Å². The van der Waals surface area contributed by atoms with E-state index in [2.05, 4.69) is 11.2 Å². The van der Waals surface area contributed by atoms with Gasteiger partial charge in [0.15, 0.2) is 0 Å². The second kappa shape index (κ2) is 8.45. The molecule has 2 unspecified atom stereocenters. The van der Waals surface area contributed by atoms with E-state index in [0.29, 0.717) is 12.8 Å². The smallest absolute Gasteiger partial charge is 0.407 e. The van der Waals surface area contributed by atoms with Crippen LogP contribution in [0.15, 0.2) is 30.3 Å². The Morgan fingerprint density at radius 3 is 2.45 bits per heavy atom. The van der Waals surface area contributed by atoms with Crippen LogP contribution < -0.4 is 5.32 Å². The van der Waals surface area contributed by atoms with Crippen LogP contribution in [0.4, 0.5) is 4.79 Å². The number of hydrogen-bond donors (Lipinski definition) is 1.